The van der Waals surface area contributed by atoms with Crippen molar-refractivity contribution in [2.75, 3.05) is 0 Å². The molecule has 0 amide bonds. The highest BCUT2D eigenvalue weighted by Crippen LogP contribution is 2.43. The standard InChI is InChI=1S/C50H30N4/c1-2-14-31(15-3-1)49-50(52-43-24-12-11-23-42(43)51-49)54-46-27-33-17-5-4-16-32(33)26-39(46)41-29-40-38-22-10-13-25-44(38)53(47(40)30-48(41)54)45-28-34-18-6-7-19-35(34)36-20-8-9-21-37(36)45/h1-30H. The molecule has 250 valence electrons. The highest BCUT2D eigenvalue weighted by atomic mass is 15.1. The van der Waals surface area contributed by atoms with Gasteiger partial charge in [-0.2, -0.15) is 0 Å². The van der Waals surface area contributed by atoms with Crippen molar-refractivity contribution in [2.24, 2.45) is 0 Å². The second kappa shape index (κ2) is 11.1. The van der Waals surface area contributed by atoms with E-state index in [1.165, 1.54) is 65.1 Å². The van der Waals surface area contributed by atoms with E-state index in [9.17, 15) is 0 Å². The third-order valence-corrected chi connectivity index (χ3v) is 11.2. The summed E-state index contributed by atoms with van der Waals surface area (Å²) in [5.41, 5.74) is 9.29. The van der Waals surface area contributed by atoms with Gasteiger partial charge in [-0.05, 0) is 75.5 Å². The summed E-state index contributed by atoms with van der Waals surface area (Å²) in [7, 11) is 0. The van der Waals surface area contributed by atoms with Gasteiger partial charge in [0, 0.05) is 32.5 Å². The molecule has 0 aliphatic rings. The molecule has 4 heteroatoms. The van der Waals surface area contributed by atoms with Crippen LogP contribution in [0.25, 0.3) is 110 Å². The van der Waals surface area contributed by atoms with Crippen molar-refractivity contribution >= 4 is 87.0 Å². The van der Waals surface area contributed by atoms with E-state index in [4.69, 9.17) is 9.97 Å². The summed E-state index contributed by atoms with van der Waals surface area (Å²) in [6.07, 6.45) is 0. The van der Waals surface area contributed by atoms with E-state index in [1.54, 1.807) is 0 Å². The predicted octanol–water partition coefficient (Wildman–Crippen LogP) is 13.0. The van der Waals surface area contributed by atoms with Crippen molar-refractivity contribution in [3.63, 3.8) is 0 Å². The molecule has 0 spiro atoms. The molecule has 0 saturated carbocycles. The zero-order valence-corrected chi connectivity index (χ0v) is 29.1. The molecule has 9 aromatic carbocycles. The number of fused-ring (bicyclic) bond motifs is 11. The molecule has 54 heavy (non-hydrogen) atoms. The van der Waals surface area contributed by atoms with Gasteiger partial charge in [0.25, 0.3) is 0 Å². The largest absolute Gasteiger partial charge is 0.309 e. The van der Waals surface area contributed by atoms with Gasteiger partial charge in [-0.15, -0.1) is 0 Å². The second-order valence-corrected chi connectivity index (χ2v) is 14.2. The van der Waals surface area contributed by atoms with Gasteiger partial charge in [-0.3, -0.25) is 4.57 Å². The number of benzene rings is 9. The molecular weight excluding hydrogens is 657 g/mol. The van der Waals surface area contributed by atoms with Crippen LogP contribution in [0.15, 0.2) is 182 Å². The number of para-hydroxylation sites is 3. The van der Waals surface area contributed by atoms with Crippen LogP contribution >= 0.6 is 0 Å². The van der Waals surface area contributed by atoms with E-state index < -0.39 is 0 Å². The monoisotopic (exact) mass is 686 g/mol. The smallest absolute Gasteiger partial charge is 0.165 e. The Morgan fingerprint density at radius 3 is 1.69 bits per heavy atom. The van der Waals surface area contributed by atoms with Gasteiger partial charge in [-0.25, -0.2) is 9.97 Å². The first kappa shape index (κ1) is 29.3. The van der Waals surface area contributed by atoms with E-state index >= 15 is 0 Å². The molecule has 0 radical (unpaired) electrons. The molecule has 0 aliphatic carbocycles. The fourth-order valence-corrected chi connectivity index (χ4v) is 8.81. The Kier molecular flexibility index (Phi) is 6.02. The number of rotatable bonds is 3. The van der Waals surface area contributed by atoms with Crippen molar-refractivity contribution in [3.05, 3.63) is 182 Å². The van der Waals surface area contributed by atoms with Gasteiger partial charge >= 0.3 is 0 Å². The first-order valence-electron chi connectivity index (χ1n) is 18.4. The first-order valence-corrected chi connectivity index (χ1v) is 18.4. The molecule has 0 N–H and O–H groups in total. The molecular formula is C50H30N4. The Bertz CT molecular complexity index is 3500. The summed E-state index contributed by atoms with van der Waals surface area (Å²) in [4.78, 5) is 10.8. The summed E-state index contributed by atoms with van der Waals surface area (Å²) < 4.78 is 4.83. The maximum atomic E-state index is 5.45. The summed E-state index contributed by atoms with van der Waals surface area (Å²) in [6, 6.07) is 65.5. The quantitative estimate of drug-likeness (QED) is 0.173. The third-order valence-electron chi connectivity index (χ3n) is 11.2. The van der Waals surface area contributed by atoms with Crippen LogP contribution in [-0.4, -0.2) is 19.1 Å². The fourth-order valence-electron chi connectivity index (χ4n) is 8.81. The second-order valence-electron chi connectivity index (χ2n) is 14.2. The third kappa shape index (κ3) is 4.13. The van der Waals surface area contributed by atoms with Gasteiger partial charge in [-0.1, -0.05) is 133 Å². The average Bonchev–Trinajstić information content (AvgIpc) is 3.72. The van der Waals surface area contributed by atoms with Crippen molar-refractivity contribution in [2.45, 2.75) is 0 Å². The lowest BCUT2D eigenvalue weighted by atomic mass is 10.00. The lowest BCUT2D eigenvalue weighted by Gasteiger charge is -2.15. The maximum absolute atomic E-state index is 5.45. The van der Waals surface area contributed by atoms with Gasteiger partial charge in [0.2, 0.25) is 0 Å². The zero-order valence-electron chi connectivity index (χ0n) is 29.1. The highest BCUT2D eigenvalue weighted by molar-refractivity contribution is 6.22. The minimum absolute atomic E-state index is 0.813. The van der Waals surface area contributed by atoms with Crippen molar-refractivity contribution in [3.8, 4) is 22.8 Å². The van der Waals surface area contributed by atoms with Crippen LogP contribution < -0.4 is 0 Å². The average molecular weight is 687 g/mol. The SMILES string of the molecule is c1ccc(-c2nc3ccccc3nc2-n2c3cc4ccccc4cc3c3cc4c5ccccc5n(-c5cc6ccccc6c6ccccc56)c4cc32)cc1. The van der Waals surface area contributed by atoms with E-state index in [2.05, 4.69) is 173 Å². The lowest BCUT2D eigenvalue weighted by molar-refractivity contribution is 1.08. The molecule has 0 saturated heterocycles. The van der Waals surface area contributed by atoms with Crippen molar-refractivity contribution in [1.29, 1.82) is 0 Å². The van der Waals surface area contributed by atoms with Crippen LogP contribution in [0.2, 0.25) is 0 Å². The van der Waals surface area contributed by atoms with E-state index in [1.807, 2.05) is 18.2 Å². The minimum atomic E-state index is 0.813. The summed E-state index contributed by atoms with van der Waals surface area (Å²) in [5.74, 6) is 0.813. The molecule has 0 unspecified atom stereocenters. The number of hydrogen-bond donors (Lipinski definition) is 0. The van der Waals surface area contributed by atoms with Gasteiger partial charge in [0.05, 0.1) is 38.8 Å². The maximum Gasteiger partial charge on any atom is 0.165 e. The molecule has 3 aromatic heterocycles. The topological polar surface area (TPSA) is 35.6 Å². The molecule has 12 aromatic rings. The Balaban J connectivity index is 1.29. The summed E-state index contributed by atoms with van der Waals surface area (Å²) >= 11 is 0. The first-order chi connectivity index (χ1) is 26.8. The van der Waals surface area contributed by atoms with E-state index in [0.29, 0.717) is 0 Å². The summed E-state index contributed by atoms with van der Waals surface area (Å²) in [5, 5.41) is 12.2. The highest BCUT2D eigenvalue weighted by Gasteiger charge is 2.23. The van der Waals surface area contributed by atoms with Crippen LogP contribution in [0, 0.1) is 0 Å². The van der Waals surface area contributed by atoms with Crippen molar-refractivity contribution in [1.82, 2.24) is 19.1 Å². The normalized spacial score (nSPS) is 12.1. The molecule has 0 aliphatic heterocycles. The zero-order chi connectivity index (χ0) is 35.3. The van der Waals surface area contributed by atoms with Crippen molar-refractivity contribution < 1.29 is 0 Å². The predicted molar refractivity (Wildman–Crippen MR) is 226 cm³/mol. The lowest BCUT2D eigenvalue weighted by Crippen LogP contribution is -2.04. The molecule has 12 rings (SSSR count). The fraction of sp³-hybridized carbons (Fsp3) is 0. The van der Waals surface area contributed by atoms with Crippen LogP contribution in [0.5, 0.6) is 0 Å². The number of hydrogen-bond acceptors (Lipinski definition) is 2. The molecule has 0 bridgehead atoms. The molecule has 3 heterocycles. The van der Waals surface area contributed by atoms with E-state index in [-0.39, 0.29) is 0 Å². The van der Waals surface area contributed by atoms with Gasteiger partial charge in [0.15, 0.2) is 5.82 Å². The Morgan fingerprint density at radius 1 is 0.315 bits per heavy atom. The Morgan fingerprint density at radius 2 is 0.870 bits per heavy atom. The van der Waals surface area contributed by atoms with Gasteiger partial charge < -0.3 is 4.57 Å². The molecule has 4 nitrogen and oxygen atoms in total. The Labute approximate surface area is 309 Å². The van der Waals surface area contributed by atoms with Crippen LogP contribution in [-0.2, 0) is 0 Å². The summed E-state index contributed by atoms with van der Waals surface area (Å²) in [6.45, 7) is 0. The van der Waals surface area contributed by atoms with Crippen LogP contribution in [0.3, 0.4) is 0 Å². The number of nitrogens with zero attached hydrogens (tertiary/aromatic N) is 4. The van der Waals surface area contributed by atoms with E-state index in [0.717, 1.165) is 44.7 Å². The number of aromatic nitrogens is 4. The minimum Gasteiger partial charge on any atom is -0.309 e. The van der Waals surface area contributed by atoms with Crippen LogP contribution in [0.4, 0.5) is 0 Å². The van der Waals surface area contributed by atoms with Crippen LogP contribution in [0.1, 0.15) is 0 Å². The Hall–Kier alpha value is -7.30. The molecule has 0 atom stereocenters. The van der Waals surface area contributed by atoms with Gasteiger partial charge in [0.1, 0.15) is 5.69 Å². The molecule has 0 fully saturated rings.